The molecule has 0 aliphatic rings. The normalized spacial score (nSPS) is 13.1. The van der Waals surface area contributed by atoms with Gasteiger partial charge in [0.15, 0.2) is 12.4 Å². The fraction of sp³-hybridized carbons (Fsp3) is 0.806. The smallest absolute Gasteiger partial charge is 0.306 e. The zero-order chi connectivity index (χ0) is 55.5. The number of carbonyl (C=O) groups is 3. The lowest BCUT2D eigenvalue weighted by Crippen LogP contribution is -2.44. The SMILES string of the molecule is CC/C=C\C/C=C\C/C=C\C/C=C\C/C=C\CCCC(=O)OC(COC(=O)CCCCCCCCCCCCCCCCCCCCCCCCCCCCCCCCCCCC)COC(OCC[N+](C)(C)C)C(=O)[O-]. The quantitative estimate of drug-likeness (QED) is 0.0195. The Morgan fingerprint density at radius 2 is 0.750 bits per heavy atom. The molecule has 0 bridgehead atoms. The molecule has 0 rings (SSSR count). The largest absolute Gasteiger partial charge is 0.545 e. The van der Waals surface area contributed by atoms with E-state index < -0.39 is 24.3 Å². The summed E-state index contributed by atoms with van der Waals surface area (Å²) in [6.07, 6.45) is 71.8. The summed E-state index contributed by atoms with van der Waals surface area (Å²) < 4.78 is 22.6. The molecule has 0 fully saturated rings. The number of allylic oxidation sites excluding steroid dienone is 10. The van der Waals surface area contributed by atoms with Crippen LogP contribution in [0.15, 0.2) is 60.8 Å². The molecule has 9 heteroatoms. The van der Waals surface area contributed by atoms with E-state index in [4.69, 9.17) is 18.9 Å². The van der Waals surface area contributed by atoms with Gasteiger partial charge in [-0.05, 0) is 51.4 Å². The lowest BCUT2D eigenvalue weighted by atomic mass is 10.0. The molecule has 0 saturated carbocycles. The van der Waals surface area contributed by atoms with Crippen LogP contribution in [-0.4, -0.2) is 82.3 Å². The number of hydrogen-bond donors (Lipinski definition) is 0. The number of ether oxygens (including phenoxy) is 4. The second-order valence-corrected chi connectivity index (χ2v) is 22.7. The first-order valence-electron chi connectivity index (χ1n) is 31.9. The Morgan fingerprint density at radius 1 is 0.408 bits per heavy atom. The first kappa shape index (κ1) is 73.0. The van der Waals surface area contributed by atoms with Crippen LogP contribution in [0.1, 0.15) is 290 Å². The highest BCUT2D eigenvalue weighted by atomic mass is 16.7. The van der Waals surface area contributed by atoms with Gasteiger partial charge < -0.3 is 33.3 Å². The number of unbranched alkanes of at least 4 members (excludes halogenated alkanes) is 34. The molecule has 0 aromatic heterocycles. The van der Waals surface area contributed by atoms with Crippen molar-refractivity contribution in [3.63, 3.8) is 0 Å². The average molecular weight is 1070 g/mol. The van der Waals surface area contributed by atoms with E-state index in [1.54, 1.807) is 0 Å². The number of quaternary nitrogens is 1. The number of hydrogen-bond acceptors (Lipinski definition) is 8. The van der Waals surface area contributed by atoms with Crippen LogP contribution in [0.3, 0.4) is 0 Å². The first-order chi connectivity index (χ1) is 37.1. The van der Waals surface area contributed by atoms with E-state index in [0.29, 0.717) is 23.9 Å². The third-order valence-electron chi connectivity index (χ3n) is 14.0. The fourth-order valence-electron chi connectivity index (χ4n) is 9.16. The van der Waals surface area contributed by atoms with Crippen LogP contribution in [0, 0.1) is 0 Å². The Kier molecular flexibility index (Phi) is 55.8. The molecular weight excluding hydrogens is 947 g/mol. The maximum atomic E-state index is 12.8. The van der Waals surface area contributed by atoms with Gasteiger partial charge in [-0.1, -0.05) is 286 Å². The minimum absolute atomic E-state index is 0.136. The number of nitrogens with zero attached hydrogens (tertiary/aromatic N) is 1. The van der Waals surface area contributed by atoms with Crippen molar-refractivity contribution in [1.82, 2.24) is 0 Å². The maximum Gasteiger partial charge on any atom is 0.306 e. The molecule has 76 heavy (non-hydrogen) atoms. The first-order valence-corrected chi connectivity index (χ1v) is 31.9. The van der Waals surface area contributed by atoms with Gasteiger partial charge in [0.1, 0.15) is 13.2 Å². The standard InChI is InChI=1S/C67H121NO8/c1-6-8-10-12-14-16-18-20-22-24-25-26-27-28-29-30-31-32-33-34-35-36-37-38-39-40-42-43-45-47-49-51-53-55-57-64(69)74-61-63(62-75-67(66(71)72)73-60-59-68(3,4)5)76-65(70)58-56-54-52-50-48-46-44-41-23-21-19-17-15-13-11-9-7-2/h9,11,15,17,21,23,44,46,50,52,63,67H,6-8,10,12-14,16,18-20,22,24-43,45,47-49,51,53-62H2,1-5H3/b11-9-,17-15-,23-21-,46-44-,52-50-. The van der Waals surface area contributed by atoms with Gasteiger partial charge in [-0.15, -0.1) is 0 Å². The number of aliphatic carboxylic acids is 1. The minimum Gasteiger partial charge on any atom is -0.545 e. The third-order valence-corrected chi connectivity index (χ3v) is 14.0. The third kappa shape index (κ3) is 58.7. The zero-order valence-corrected chi connectivity index (χ0v) is 50.4. The molecule has 0 amide bonds. The van der Waals surface area contributed by atoms with Crippen molar-refractivity contribution >= 4 is 17.9 Å². The summed E-state index contributed by atoms with van der Waals surface area (Å²) in [4.78, 5) is 37.3. The number of esters is 2. The predicted molar refractivity (Wildman–Crippen MR) is 320 cm³/mol. The fourth-order valence-corrected chi connectivity index (χ4v) is 9.16. The van der Waals surface area contributed by atoms with Gasteiger partial charge in [-0.2, -0.15) is 0 Å². The summed E-state index contributed by atoms with van der Waals surface area (Å²) in [5.41, 5.74) is 0. The summed E-state index contributed by atoms with van der Waals surface area (Å²) >= 11 is 0. The number of carbonyl (C=O) groups excluding carboxylic acids is 3. The topological polar surface area (TPSA) is 111 Å². The molecule has 0 N–H and O–H groups in total. The van der Waals surface area contributed by atoms with Gasteiger partial charge in [0.05, 0.1) is 40.3 Å². The molecule has 9 nitrogen and oxygen atoms in total. The zero-order valence-electron chi connectivity index (χ0n) is 50.4. The molecule has 0 spiro atoms. The highest BCUT2D eigenvalue weighted by Crippen LogP contribution is 2.18. The molecule has 0 aromatic carbocycles. The Hall–Kier alpha value is -3.01. The van der Waals surface area contributed by atoms with E-state index >= 15 is 0 Å². The van der Waals surface area contributed by atoms with Gasteiger partial charge in [0.2, 0.25) is 0 Å². The van der Waals surface area contributed by atoms with Gasteiger partial charge in [-0.3, -0.25) is 9.59 Å². The number of likely N-dealkylation sites (N-methyl/N-ethyl adjacent to an activating group) is 1. The molecule has 0 aliphatic carbocycles. The monoisotopic (exact) mass is 1070 g/mol. The summed E-state index contributed by atoms with van der Waals surface area (Å²) in [5, 5.41) is 11.8. The van der Waals surface area contributed by atoms with Gasteiger partial charge in [-0.25, -0.2) is 0 Å². The number of carboxylic acid groups (broad SMARTS) is 1. The Morgan fingerprint density at radius 3 is 1.11 bits per heavy atom. The second kappa shape index (κ2) is 58.1. The predicted octanol–water partition coefficient (Wildman–Crippen LogP) is 17.9. The molecular formula is C67H121NO8. The van der Waals surface area contributed by atoms with Crippen molar-refractivity contribution in [3.05, 3.63) is 60.8 Å². The van der Waals surface area contributed by atoms with Crippen molar-refractivity contribution in [1.29, 1.82) is 0 Å². The Bertz CT molecular complexity index is 1430. The molecule has 0 aliphatic heterocycles. The lowest BCUT2D eigenvalue weighted by Gasteiger charge is -2.26. The van der Waals surface area contributed by atoms with E-state index in [-0.39, 0.29) is 38.6 Å². The van der Waals surface area contributed by atoms with Crippen LogP contribution in [0.25, 0.3) is 0 Å². The second-order valence-electron chi connectivity index (χ2n) is 22.7. The summed E-state index contributed by atoms with van der Waals surface area (Å²) in [7, 11) is 5.91. The van der Waals surface area contributed by atoms with Crippen LogP contribution in [0.4, 0.5) is 0 Å². The minimum atomic E-state index is -1.64. The summed E-state index contributed by atoms with van der Waals surface area (Å²) in [5.74, 6) is -2.35. The Balaban J connectivity index is 4.06. The van der Waals surface area contributed by atoms with Crippen LogP contribution in [-0.2, 0) is 33.3 Å². The van der Waals surface area contributed by atoms with Crippen molar-refractivity contribution < 1.29 is 42.9 Å². The van der Waals surface area contributed by atoms with E-state index in [0.717, 1.165) is 51.4 Å². The molecule has 2 atom stereocenters. The number of carboxylic acids is 1. The average Bonchev–Trinajstić information content (AvgIpc) is 3.39. The highest BCUT2D eigenvalue weighted by Gasteiger charge is 2.22. The van der Waals surface area contributed by atoms with Crippen LogP contribution < -0.4 is 5.11 Å². The van der Waals surface area contributed by atoms with Gasteiger partial charge >= 0.3 is 11.9 Å². The maximum absolute atomic E-state index is 12.8. The van der Waals surface area contributed by atoms with Crippen molar-refractivity contribution in [2.24, 2.45) is 0 Å². The van der Waals surface area contributed by atoms with Crippen molar-refractivity contribution in [3.8, 4) is 0 Å². The molecule has 442 valence electrons. The van der Waals surface area contributed by atoms with Gasteiger partial charge in [0, 0.05) is 12.8 Å². The van der Waals surface area contributed by atoms with Crippen LogP contribution in [0.2, 0.25) is 0 Å². The van der Waals surface area contributed by atoms with E-state index in [1.165, 1.54) is 199 Å². The molecule has 0 radical (unpaired) electrons. The van der Waals surface area contributed by atoms with Crippen molar-refractivity contribution in [2.45, 2.75) is 302 Å². The van der Waals surface area contributed by atoms with Crippen molar-refractivity contribution in [2.75, 3.05) is 47.5 Å². The Labute approximate surface area is 469 Å². The highest BCUT2D eigenvalue weighted by molar-refractivity contribution is 5.70. The van der Waals surface area contributed by atoms with E-state index in [2.05, 4.69) is 74.6 Å². The van der Waals surface area contributed by atoms with Gasteiger partial charge in [0.25, 0.3) is 0 Å². The molecule has 2 unspecified atom stereocenters. The van der Waals surface area contributed by atoms with Crippen LogP contribution in [0.5, 0.6) is 0 Å². The molecule has 0 aromatic rings. The lowest BCUT2D eigenvalue weighted by molar-refractivity contribution is -0.870. The molecule has 0 heterocycles. The van der Waals surface area contributed by atoms with Crippen LogP contribution >= 0.6 is 0 Å². The number of rotatable bonds is 59. The summed E-state index contributed by atoms with van der Waals surface area (Å²) in [6, 6.07) is 0. The van der Waals surface area contributed by atoms with E-state index in [9.17, 15) is 19.5 Å². The molecule has 0 saturated heterocycles. The summed E-state index contributed by atoms with van der Waals surface area (Å²) in [6.45, 7) is 4.60. The van der Waals surface area contributed by atoms with E-state index in [1.807, 2.05) is 21.1 Å².